The van der Waals surface area contributed by atoms with Gasteiger partial charge in [-0.15, -0.1) is 0 Å². The lowest BCUT2D eigenvalue weighted by atomic mass is 9.61. The van der Waals surface area contributed by atoms with Crippen LogP contribution >= 0.6 is 0 Å². The highest BCUT2D eigenvalue weighted by atomic mass is 16.4. The fourth-order valence-electron chi connectivity index (χ4n) is 2.58. The van der Waals surface area contributed by atoms with Gasteiger partial charge in [-0.1, -0.05) is 12.1 Å². The summed E-state index contributed by atoms with van der Waals surface area (Å²) in [5, 5.41) is 14.3. The van der Waals surface area contributed by atoms with Crippen LogP contribution in [0.4, 0.5) is 0 Å². The van der Waals surface area contributed by atoms with Crippen molar-refractivity contribution in [3.8, 4) is 0 Å². The molecule has 0 aromatic carbocycles. The Kier molecular flexibility index (Phi) is 4.74. The first-order valence-electron chi connectivity index (χ1n) is 6.31. The molecule has 0 radical (unpaired) electrons. The maximum atomic E-state index is 12.4. The van der Waals surface area contributed by atoms with Crippen LogP contribution in [0.2, 0.25) is 0 Å². The smallest absolute Gasteiger partial charge is 0.236 e. The van der Waals surface area contributed by atoms with E-state index in [1.807, 2.05) is 6.92 Å². The number of nitrogens with two attached hydrogens (primary N) is 1. The van der Waals surface area contributed by atoms with Gasteiger partial charge in [-0.05, 0) is 18.8 Å². The summed E-state index contributed by atoms with van der Waals surface area (Å²) >= 11 is 0. The molecule has 7 heteroatoms. The van der Waals surface area contributed by atoms with E-state index in [4.69, 9.17) is 10.9 Å². The lowest BCUT2D eigenvalue weighted by Gasteiger charge is -2.45. The first-order chi connectivity index (χ1) is 8.87. The summed E-state index contributed by atoms with van der Waals surface area (Å²) in [6.45, 7) is 2.33. The molecule has 4 N–H and O–H groups in total. The van der Waals surface area contributed by atoms with Gasteiger partial charge in [0, 0.05) is 27.1 Å². The Bertz CT molecular complexity index is 388. The van der Waals surface area contributed by atoms with Crippen molar-refractivity contribution in [2.75, 3.05) is 20.6 Å². The number of amidine groups is 1. The third kappa shape index (κ3) is 2.97. The number of oxime groups is 1. The number of rotatable bonds is 5. The van der Waals surface area contributed by atoms with E-state index in [0.717, 1.165) is 0 Å². The zero-order chi connectivity index (χ0) is 14.6. The second-order valence-electron chi connectivity index (χ2n) is 5.23. The number of nitrogens with zero attached hydrogens (tertiary/aromatic N) is 2. The Labute approximate surface area is 112 Å². The fraction of sp³-hybridized carbons (Fsp3) is 0.750. The summed E-state index contributed by atoms with van der Waals surface area (Å²) in [4.78, 5) is 25.1. The molecule has 1 fully saturated rings. The van der Waals surface area contributed by atoms with Gasteiger partial charge in [0.2, 0.25) is 11.8 Å². The average Bonchev–Trinajstić information content (AvgIpc) is 2.38. The molecule has 0 aromatic rings. The first-order valence-corrected chi connectivity index (χ1v) is 6.31. The lowest BCUT2D eigenvalue weighted by molar-refractivity contribution is -0.143. The predicted octanol–water partition coefficient (Wildman–Crippen LogP) is -0.256. The monoisotopic (exact) mass is 270 g/mol. The molecule has 108 valence electrons. The van der Waals surface area contributed by atoms with Crippen LogP contribution in [-0.4, -0.2) is 48.4 Å². The van der Waals surface area contributed by atoms with Crippen LogP contribution in [0.15, 0.2) is 5.16 Å². The maximum Gasteiger partial charge on any atom is 0.236 e. The van der Waals surface area contributed by atoms with E-state index < -0.39 is 5.41 Å². The molecule has 0 bridgehead atoms. The van der Waals surface area contributed by atoms with Gasteiger partial charge < -0.3 is 21.2 Å². The summed E-state index contributed by atoms with van der Waals surface area (Å²) < 4.78 is 0. The maximum absolute atomic E-state index is 12.4. The summed E-state index contributed by atoms with van der Waals surface area (Å²) in [6.07, 6.45) is 1.39. The van der Waals surface area contributed by atoms with Gasteiger partial charge in [0.15, 0.2) is 5.84 Å². The summed E-state index contributed by atoms with van der Waals surface area (Å²) in [5.74, 6) is 0.0169. The van der Waals surface area contributed by atoms with Crippen LogP contribution in [-0.2, 0) is 9.59 Å². The molecule has 1 aliphatic rings. The van der Waals surface area contributed by atoms with E-state index >= 15 is 0 Å². The third-order valence-corrected chi connectivity index (χ3v) is 3.70. The van der Waals surface area contributed by atoms with Crippen LogP contribution in [0.1, 0.15) is 26.2 Å². The lowest BCUT2D eigenvalue weighted by Crippen LogP contribution is -2.57. The van der Waals surface area contributed by atoms with Gasteiger partial charge in [0.25, 0.3) is 0 Å². The van der Waals surface area contributed by atoms with Gasteiger partial charge >= 0.3 is 0 Å². The minimum Gasteiger partial charge on any atom is -0.409 e. The molecular weight excluding hydrogens is 248 g/mol. The predicted molar refractivity (Wildman–Crippen MR) is 70.6 cm³/mol. The zero-order valence-electron chi connectivity index (χ0n) is 11.6. The Morgan fingerprint density at radius 2 is 2.11 bits per heavy atom. The zero-order valence-corrected chi connectivity index (χ0v) is 11.6. The fourth-order valence-corrected chi connectivity index (χ4v) is 2.58. The highest BCUT2D eigenvalue weighted by Gasteiger charge is 2.53. The Hall–Kier alpha value is -1.79. The van der Waals surface area contributed by atoms with Gasteiger partial charge in [0.1, 0.15) is 5.41 Å². The molecule has 2 amide bonds. The van der Waals surface area contributed by atoms with E-state index in [2.05, 4.69) is 10.5 Å². The third-order valence-electron chi connectivity index (χ3n) is 3.70. The number of carbonyl (C=O) groups is 2. The first kappa shape index (κ1) is 15.3. The summed E-state index contributed by atoms with van der Waals surface area (Å²) in [6, 6.07) is 0. The average molecular weight is 270 g/mol. The number of amides is 2. The Balaban J connectivity index is 2.71. The molecule has 1 rings (SSSR count). The van der Waals surface area contributed by atoms with Crippen molar-refractivity contribution >= 4 is 17.6 Å². The van der Waals surface area contributed by atoms with Crippen molar-refractivity contribution < 1.29 is 14.8 Å². The van der Waals surface area contributed by atoms with Crippen molar-refractivity contribution in [3.05, 3.63) is 0 Å². The number of hydrogen-bond donors (Lipinski definition) is 3. The van der Waals surface area contributed by atoms with E-state index in [1.165, 1.54) is 4.90 Å². The minimum atomic E-state index is -0.897. The second kappa shape index (κ2) is 5.90. The summed E-state index contributed by atoms with van der Waals surface area (Å²) in [5.41, 5.74) is 4.77. The van der Waals surface area contributed by atoms with Crippen LogP contribution in [0.3, 0.4) is 0 Å². The molecule has 0 spiro atoms. The largest absolute Gasteiger partial charge is 0.409 e. The van der Waals surface area contributed by atoms with E-state index in [1.54, 1.807) is 14.1 Å². The van der Waals surface area contributed by atoms with E-state index in [0.29, 0.717) is 25.3 Å². The van der Waals surface area contributed by atoms with Crippen LogP contribution in [0.25, 0.3) is 0 Å². The molecular formula is C12H22N4O3. The second-order valence-corrected chi connectivity index (χ2v) is 5.23. The molecule has 7 nitrogen and oxygen atoms in total. The molecule has 0 aliphatic heterocycles. The van der Waals surface area contributed by atoms with Crippen molar-refractivity contribution in [3.63, 3.8) is 0 Å². The minimum absolute atomic E-state index is 0.0395. The van der Waals surface area contributed by atoms with Crippen molar-refractivity contribution in [1.82, 2.24) is 10.2 Å². The van der Waals surface area contributed by atoms with Gasteiger partial charge in [-0.25, -0.2) is 0 Å². The normalized spacial score (nSPS) is 26.5. The van der Waals surface area contributed by atoms with Gasteiger partial charge in [-0.2, -0.15) is 0 Å². The Morgan fingerprint density at radius 1 is 1.53 bits per heavy atom. The molecule has 0 atom stereocenters. The van der Waals surface area contributed by atoms with Gasteiger partial charge in [-0.3, -0.25) is 9.59 Å². The number of carbonyl (C=O) groups excluding carboxylic acids is 2. The SMILES string of the molecule is CNC(=O)CCN(C)C(=O)C1(C(N)=NO)CC(C)C1. The van der Waals surface area contributed by atoms with Crippen LogP contribution in [0.5, 0.6) is 0 Å². The highest BCUT2D eigenvalue weighted by molar-refractivity contribution is 6.07. The highest BCUT2D eigenvalue weighted by Crippen LogP contribution is 2.46. The Morgan fingerprint density at radius 3 is 2.53 bits per heavy atom. The van der Waals surface area contributed by atoms with Crippen molar-refractivity contribution in [2.45, 2.75) is 26.2 Å². The molecule has 1 aliphatic carbocycles. The molecule has 0 saturated heterocycles. The van der Waals surface area contributed by atoms with Crippen LogP contribution in [0, 0.1) is 11.3 Å². The van der Waals surface area contributed by atoms with E-state index in [-0.39, 0.29) is 24.1 Å². The van der Waals surface area contributed by atoms with Crippen molar-refractivity contribution in [2.24, 2.45) is 22.2 Å². The molecule has 0 unspecified atom stereocenters. The summed E-state index contributed by atoms with van der Waals surface area (Å²) in [7, 11) is 3.18. The number of nitrogens with one attached hydrogen (secondary N) is 1. The van der Waals surface area contributed by atoms with Crippen molar-refractivity contribution in [1.29, 1.82) is 0 Å². The quantitative estimate of drug-likeness (QED) is 0.277. The standard InChI is InChI=1S/C12H22N4O3/c1-8-6-12(7-8,10(13)15-19)11(18)16(3)5-4-9(17)14-2/h8,19H,4-7H2,1-3H3,(H2,13,15)(H,14,17). The molecule has 0 aromatic heterocycles. The molecule has 19 heavy (non-hydrogen) atoms. The topological polar surface area (TPSA) is 108 Å². The molecule has 1 saturated carbocycles. The van der Waals surface area contributed by atoms with E-state index in [9.17, 15) is 9.59 Å². The number of hydrogen-bond acceptors (Lipinski definition) is 4. The van der Waals surface area contributed by atoms with Gasteiger partial charge in [0.05, 0.1) is 0 Å². The van der Waals surface area contributed by atoms with Crippen LogP contribution < -0.4 is 11.1 Å². The molecule has 0 heterocycles.